The summed E-state index contributed by atoms with van der Waals surface area (Å²) < 4.78 is 31.8. The summed E-state index contributed by atoms with van der Waals surface area (Å²) in [5.41, 5.74) is 6.44. The Hall–Kier alpha value is -4.29. The third-order valence-electron chi connectivity index (χ3n) is 7.00. The lowest BCUT2D eigenvalue weighted by atomic mass is 9.85. The molecule has 0 atom stereocenters. The van der Waals surface area contributed by atoms with Crippen LogP contribution in [0.1, 0.15) is 47.8 Å². The summed E-state index contributed by atoms with van der Waals surface area (Å²) in [5, 5.41) is 4.04. The van der Waals surface area contributed by atoms with Crippen LogP contribution in [0.4, 0.5) is 10.1 Å². The summed E-state index contributed by atoms with van der Waals surface area (Å²) in [6, 6.07) is 20.4. The Morgan fingerprint density at radius 2 is 1.76 bits per heavy atom. The van der Waals surface area contributed by atoms with Crippen molar-refractivity contribution < 1.29 is 23.4 Å². The highest BCUT2D eigenvalue weighted by Gasteiger charge is 2.27. The van der Waals surface area contributed by atoms with Crippen LogP contribution in [0.3, 0.4) is 0 Å². The van der Waals surface area contributed by atoms with E-state index in [0.717, 1.165) is 39.1 Å². The number of aryl methyl sites for hydroxylation is 1. The van der Waals surface area contributed by atoms with Crippen molar-refractivity contribution in [2.45, 2.75) is 39.8 Å². The number of allylic oxidation sites excluding steroid dienone is 1. The number of carbonyl (C=O) groups is 1. The SMILES string of the molecule is COc1ccc(OC(=O)c2cccc(Cl)c2)cc1-c1ccc2c(c1COc1cc(F)ccc1C)C(C)=CC(C)(C)N2. The van der Waals surface area contributed by atoms with E-state index in [4.69, 9.17) is 25.8 Å². The molecule has 5 nitrogen and oxygen atoms in total. The second-order valence-corrected chi connectivity index (χ2v) is 11.1. The van der Waals surface area contributed by atoms with Crippen LogP contribution in [0.2, 0.25) is 5.02 Å². The predicted molar refractivity (Wildman–Crippen MR) is 162 cm³/mol. The Kier molecular flexibility index (Phi) is 7.78. The minimum atomic E-state index is -0.524. The molecule has 0 saturated carbocycles. The third-order valence-corrected chi connectivity index (χ3v) is 7.23. The summed E-state index contributed by atoms with van der Waals surface area (Å²) in [4.78, 5) is 12.9. The van der Waals surface area contributed by atoms with Gasteiger partial charge in [0.25, 0.3) is 0 Å². The smallest absolute Gasteiger partial charge is 0.343 e. The summed E-state index contributed by atoms with van der Waals surface area (Å²) in [6.07, 6.45) is 2.18. The second kappa shape index (κ2) is 11.3. The number of benzene rings is 4. The molecule has 0 amide bonds. The normalized spacial score (nSPS) is 13.5. The standard InChI is InChI=1S/C34H31ClFNO4/c1-20-9-10-24(36)16-31(20)40-19-28-26(12-13-29-32(28)21(2)18-34(3,4)37-29)27-17-25(11-14-30(27)39-5)41-33(38)22-7-6-8-23(35)15-22/h6-18,37H,19H2,1-5H3. The monoisotopic (exact) mass is 571 g/mol. The van der Waals surface area contributed by atoms with Crippen LogP contribution in [-0.2, 0) is 6.61 Å². The van der Waals surface area contributed by atoms with Crippen molar-refractivity contribution in [1.29, 1.82) is 0 Å². The fourth-order valence-electron chi connectivity index (χ4n) is 5.22. The highest BCUT2D eigenvalue weighted by molar-refractivity contribution is 6.30. The third kappa shape index (κ3) is 6.08. The predicted octanol–water partition coefficient (Wildman–Crippen LogP) is 8.87. The van der Waals surface area contributed by atoms with E-state index in [0.29, 0.717) is 27.8 Å². The molecule has 1 aliphatic rings. The highest BCUT2D eigenvalue weighted by Crippen LogP contribution is 2.44. The Morgan fingerprint density at radius 1 is 0.951 bits per heavy atom. The van der Waals surface area contributed by atoms with Gasteiger partial charge < -0.3 is 19.5 Å². The topological polar surface area (TPSA) is 56.8 Å². The fraction of sp³-hybridized carbons (Fsp3) is 0.206. The molecular weight excluding hydrogens is 541 g/mol. The molecule has 0 spiro atoms. The van der Waals surface area contributed by atoms with Crippen molar-refractivity contribution in [2.24, 2.45) is 0 Å². The van der Waals surface area contributed by atoms with E-state index in [-0.39, 0.29) is 18.0 Å². The number of methoxy groups -OCH3 is 1. The molecule has 0 fully saturated rings. The van der Waals surface area contributed by atoms with Crippen LogP contribution in [-0.4, -0.2) is 18.6 Å². The Bertz CT molecular complexity index is 1680. The van der Waals surface area contributed by atoms with Gasteiger partial charge in [0.15, 0.2) is 0 Å². The van der Waals surface area contributed by atoms with Gasteiger partial charge in [0.05, 0.1) is 18.2 Å². The zero-order chi connectivity index (χ0) is 29.3. The minimum absolute atomic E-state index is 0.172. The number of hydrogen-bond donors (Lipinski definition) is 1. The zero-order valence-corrected chi connectivity index (χ0v) is 24.4. The maximum absolute atomic E-state index is 14.1. The first-order valence-corrected chi connectivity index (χ1v) is 13.6. The number of anilines is 1. The van der Waals surface area contributed by atoms with Gasteiger partial charge in [-0.3, -0.25) is 0 Å². The van der Waals surface area contributed by atoms with Crippen LogP contribution < -0.4 is 19.5 Å². The Morgan fingerprint density at radius 3 is 2.51 bits per heavy atom. The molecule has 0 bridgehead atoms. The van der Waals surface area contributed by atoms with Crippen molar-refractivity contribution in [1.82, 2.24) is 0 Å². The number of nitrogens with one attached hydrogen (secondary N) is 1. The number of carbonyl (C=O) groups excluding carboxylic acids is 1. The molecule has 1 N–H and O–H groups in total. The van der Waals surface area contributed by atoms with Crippen LogP contribution in [0.5, 0.6) is 17.2 Å². The average molecular weight is 572 g/mol. The molecule has 210 valence electrons. The van der Waals surface area contributed by atoms with Gasteiger partial charge in [-0.2, -0.15) is 0 Å². The van der Waals surface area contributed by atoms with E-state index in [1.54, 1.807) is 55.6 Å². The maximum atomic E-state index is 14.1. The molecule has 0 saturated heterocycles. The van der Waals surface area contributed by atoms with E-state index < -0.39 is 5.97 Å². The van der Waals surface area contributed by atoms with Gasteiger partial charge in [-0.1, -0.05) is 35.9 Å². The van der Waals surface area contributed by atoms with E-state index >= 15 is 0 Å². The van der Waals surface area contributed by atoms with Gasteiger partial charge in [0, 0.05) is 33.5 Å². The van der Waals surface area contributed by atoms with Crippen molar-refractivity contribution in [3.63, 3.8) is 0 Å². The van der Waals surface area contributed by atoms with Crippen LogP contribution >= 0.6 is 11.6 Å². The Balaban J connectivity index is 1.60. The molecule has 0 aromatic heterocycles. The molecule has 0 unspecified atom stereocenters. The van der Waals surface area contributed by atoms with E-state index in [2.05, 4.69) is 32.2 Å². The lowest BCUT2D eigenvalue weighted by Crippen LogP contribution is -2.32. The number of esters is 1. The maximum Gasteiger partial charge on any atom is 0.343 e. The zero-order valence-electron chi connectivity index (χ0n) is 23.6. The molecular formula is C34H31ClFNO4. The van der Waals surface area contributed by atoms with Crippen molar-refractivity contribution in [2.75, 3.05) is 12.4 Å². The average Bonchev–Trinajstić information content (AvgIpc) is 2.92. The molecule has 7 heteroatoms. The van der Waals surface area contributed by atoms with Crippen molar-refractivity contribution in [3.05, 3.63) is 112 Å². The first-order valence-electron chi connectivity index (χ1n) is 13.2. The molecule has 4 aromatic carbocycles. The van der Waals surface area contributed by atoms with Crippen LogP contribution in [0.25, 0.3) is 16.7 Å². The first-order chi connectivity index (χ1) is 19.5. The lowest BCUT2D eigenvalue weighted by Gasteiger charge is -2.33. The van der Waals surface area contributed by atoms with E-state index in [9.17, 15) is 9.18 Å². The molecule has 0 aliphatic carbocycles. The van der Waals surface area contributed by atoms with Gasteiger partial charge in [-0.15, -0.1) is 0 Å². The lowest BCUT2D eigenvalue weighted by molar-refractivity contribution is 0.0734. The molecule has 0 radical (unpaired) electrons. The van der Waals surface area contributed by atoms with Gasteiger partial charge in [-0.25, -0.2) is 9.18 Å². The highest BCUT2D eigenvalue weighted by atomic mass is 35.5. The quantitative estimate of drug-likeness (QED) is 0.177. The summed E-state index contributed by atoms with van der Waals surface area (Å²) in [7, 11) is 1.59. The van der Waals surface area contributed by atoms with Crippen molar-refractivity contribution >= 4 is 28.8 Å². The Labute approximate surface area is 244 Å². The van der Waals surface area contributed by atoms with Gasteiger partial charge in [0.1, 0.15) is 29.7 Å². The van der Waals surface area contributed by atoms with Crippen LogP contribution in [0.15, 0.2) is 78.9 Å². The fourth-order valence-corrected chi connectivity index (χ4v) is 5.41. The minimum Gasteiger partial charge on any atom is -0.496 e. The second-order valence-electron chi connectivity index (χ2n) is 10.6. The molecule has 1 aliphatic heterocycles. The van der Waals surface area contributed by atoms with E-state index in [1.165, 1.54) is 12.1 Å². The van der Waals surface area contributed by atoms with Gasteiger partial charge in [0.2, 0.25) is 0 Å². The van der Waals surface area contributed by atoms with Crippen molar-refractivity contribution in [3.8, 4) is 28.4 Å². The number of ether oxygens (including phenoxy) is 3. The first kappa shape index (κ1) is 28.2. The molecule has 1 heterocycles. The van der Waals surface area contributed by atoms with Gasteiger partial charge >= 0.3 is 5.97 Å². The van der Waals surface area contributed by atoms with E-state index in [1.807, 2.05) is 19.1 Å². The number of rotatable bonds is 7. The van der Waals surface area contributed by atoms with Gasteiger partial charge in [-0.05, 0) is 92.9 Å². The number of halogens is 2. The number of hydrogen-bond acceptors (Lipinski definition) is 5. The molecule has 4 aromatic rings. The van der Waals surface area contributed by atoms with Crippen LogP contribution in [0, 0.1) is 12.7 Å². The summed E-state index contributed by atoms with van der Waals surface area (Å²) in [5.74, 6) is 0.528. The largest absolute Gasteiger partial charge is 0.496 e. The summed E-state index contributed by atoms with van der Waals surface area (Å²) >= 11 is 6.07. The number of fused-ring (bicyclic) bond motifs is 1. The summed E-state index contributed by atoms with van der Waals surface area (Å²) in [6.45, 7) is 8.35. The molecule has 41 heavy (non-hydrogen) atoms. The molecule has 5 rings (SSSR count).